The number of hydrogen-bond donors (Lipinski definition) is 1. The van der Waals surface area contributed by atoms with Gasteiger partial charge in [-0.1, -0.05) is 43.3 Å². The Balaban J connectivity index is 1.75. The summed E-state index contributed by atoms with van der Waals surface area (Å²) >= 11 is 0. The Bertz CT molecular complexity index is 787. The number of esters is 2. The summed E-state index contributed by atoms with van der Waals surface area (Å²) in [7, 11) is 0. The fourth-order valence-electron chi connectivity index (χ4n) is 3.03. The van der Waals surface area contributed by atoms with Gasteiger partial charge in [-0.25, -0.2) is 9.59 Å². The van der Waals surface area contributed by atoms with Crippen LogP contribution in [-0.2, 0) is 14.2 Å². The van der Waals surface area contributed by atoms with Crippen LogP contribution < -0.4 is 0 Å². The van der Waals surface area contributed by atoms with Gasteiger partial charge in [0.05, 0.1) is 11.1 Å². The second-order valence-electron chi connectivity index (χ2n) is 6.60. The molecule has 142 valence electrons. The number of rotatable bonds is 5. The van der Waals surface area contributed by atoms with E-state index in [1.165, 1.54) is 6.92 Å². The summed E-state index contributed by atoms with van der Waals surface area (Å²) in [4.78, 5) is 24.7. The molecule has 1 aliphatic rings. The van der Waals surface area contributed by atoms with Crippen molar-refractivity contribution in [1.82, 2.24) is 0 Å². The van der Waals surface area contributed by atoms with Gasteiger partial charge in [0.15, 0.2) is 11.7 Å². The maximum atomic E-state index is 12.4. The second kappa shape index (κ2) is 7.90. The first kappa shape index (κ1) is 19.1. The molecule has 1 aliphatic heterocycles. The van der Waals surface area contributed by atoms with Crippen LogP contribution in [0.25, 0.3) is 0 Å². The Hall–Kier alpha value is -2.70. The molecule has 4 atom stereocenters. The Morgan fingerprint density at radius 2 is 1.44 bits per heavy atom. The standard InChI is InChI=1S/C21H22O6/c1-3-16-17(26-18(22)14-10-6-4-7-11-14)21(2,24)20(25-16)27-19(23)15-12-8-5-9-13-15/h4-13,16-17,20,24H,3H2,1-2H3/t16-,17+,20+,21-/m1/s1. The van der Waals surface area contributed by atoms with Crippen molar-refractivity contribution in [2.75, 3.05) is 0 Å². The SMILES string of the molecule is CC[C@H]1O[C@@H](OC(=O)c2ccccc2)[C@](C)(O)[C@H]1OC(=O)c1ccccc1. The molecule has 2 aromatic rings. The van der Waals surface area contributed by atoms with Gasteiger partial charge < -0.3 is 19.3 Å². The molecule has 0 saturated carbocycles. The van der Waals surface area contributed by atoms with Crippen molar-refractivity contribution < 1.29 is 28.9 Å². The number of carbonyl (C=O) groups is 2. The van der Waals surface area contributed by atoms with Gasteiger partial charge in [-0.2, -0.15) is 0 Å². The summed E-state index contributed by atoms with van der Waals surface area (Å²) in [5, 5.41) is 10.9. The van der Waals surface area contributed by atoms with Crippen LogP contribution in [-0.4, -0.2) is 41.1 Å². The normalized spacial score (nSPS) is 27.1. The van der Waals surface area contributed by atoms with E-state index < -0.39 is 36.0 Å². The lowest BCUT2D eigenvalue weighted by Crippen LogP contribution is -2.49. The molecule has 0 amide bonds. The first-order valence-corrected chi connectivity index (χ1v) is 8.83. The molecule has 0 aliphatic carbocycles. The maximum absolute atomic E-state index is 12.4. The van der Waals surface area contributed by atoms with E-state index in [-0.39, 0.29) is 0 Å². The molecule has 0 radical (unpaired) electrons. The van der Waals surface area contributed by atoms with Crippen molar-refractivity contribution in [3.05, 3.63) is 71.8 Å². The monoisotopic (exact) mass is 370 g/mol. The lowest BCUT2D eigenvalue weighted by Gasteiger charge is -2.28. The first-order chi connectivity index (χ1) is 12.9. The van der Waals surface area contributed by atoms with Crippen LogP contribution in [0, 0.1) is 0 Å². The predicted molar refractivity (Wildman–Crippen MR) is 97.1 cm³/mol. The average molecular weight is 370 g/mol. The lowest BCUT2D eigenvalue weighted by molar-refractivity contribution is -0.171. The van der Waals surface area contributed by atoms with Crippen molar-refractivity contribution >= 4 is 11.9 Å². The van der Waals surface area contributed by atoms with Crippen molar-refractivity contribution in [1.29, 1.82) is 0 Å². The summed E-state index contributed by atoms with van der Waals surface area (Å²) < 4.78 is 16.6. The summed E-state index contributed by atoms with van der Waals surface area (Å²) in [5.74, 6) is -1.19. The van der Waals surface area contributed by atoms with Gasteiger partial charge >= 0.3 is 11.9 Å². The third-order valence-corrected chi connectivity index (χ3v) is 4.56. The van der Waals surface area contributed by atoms with E-state index >= 15 is 0 Å². The first-order valence-electron chi connectivity index (χ1n) is 8.83. The molecular weight excluding hydrogens is 348 g/mol. The second-order valence-corrected chi connectivity index (χ2v) is 6.60. The number of benzene rings is 2. The molecule has 3 rings (SSSR count). The topological polar surface area (TPSA) is 82.1 Å². The summed E-state index contributed by atoms with van der Waals surface area (Å²) in [6, 6.07) is 16.9. The van der Waals surface area contributed by atoms with E-state index in [1.54, 1.807) is 60.7 Å². The number of aliphatic hydroxyl groups is 1. The minimum absolute atomic E-state index is 0.342. The molecular formula is C21H22O6. The molecule has 1 heterocycles. The summed E-state index contributed by atoms with van der Waals surface area (Å²) in [6.07, 6.45) is -2.34. The van der Waals surface area contributed by atoms with Gasteiger partial charge in [-0.15, -0.1) is 0 Å². The minimum atomic E-state index is -1.68. The third kappa shape index (κ3) is 4.02. The highest BCUT2D eigenvalue weighted by Gasteiger charge is 2.56. The summed E-state index contributed by atoms with van der Waals surface area (Å²) in [5.41, 5.74) is -0.974. The van der Waals surface area contributed by atoms with E-state index in [0.29, 0.717) is 17.5 Å². The van der Waals surface area contributed by atoms with Gasteiger partial charge in [0.2, 0.25) is 6.29 Å². The highest BCUT2D eigenvalue weighted by molar-refractivity contribution is 5.90. The average Bonchev–Trinajstić information content (AvgIpc) is 2.93. The predicted octanol–water partition coefficient (Wildman–Crippen LogP) is 2.95. The molecule has 2 aromatic carbocycles. The highest BCUT2D eigenvalue weighted by atomic mass is 16.7. The molecule has 1 saturated heterocycles. The molecule has 0 aromatic heterocycles. The Labute approximate surface area is 157 Å². The van der Waals surface area contributed by atoms with Crippen LogP contribution >= 0.6 is 0 Å². The fraction of sp³-hybridized carbons (Fsp3) is 0.333. The fourth-order valence-corrected chi connectivity index (χ4v) is 3.03. The van der Waals surface area contributed by atoms with Gasteiger partial charge in [0, 0.05) is 0 Å². The highest BCUT2D eigenvalue weighted by Crippen LogP contribution is 2.36. The molecule has 1 N–H and O–H groups in total. The lowest BCUT2D eigenvalue weighted by atomic mass is 9.96. The quantitative estimate of drug-likeness (QED) is 0.815. The van der Waals surface area contributed by atoms with E-state index in [1.807, 2.05) is 6.92 Å². The third-order valence-electron chi connectivity index (χ3n) is 4.56. The van der Waals surface area contributed by atoms with Gasteiger partial charge in [-0.3, -0.25) is 0 Å². The summed E-state index contributed by atoms with van der Waals surface area (Å²) in [6.45, 7) is 3.28. The smallest absolute Gasteiger partial charge is 0.340 e. The Morgan fingerprint density at radius 1 is 0.963 bits per heavy atom. The van der Waals surface area contributed by atoms with Crippen molar-refractivity contribution in [2.24, 2.45) is 0 Å². The zero-order valence-corrected chi connectivity index (χ0v) is 15.2. The van der Waals surface area contributed by atoms with Crippen LogP contribution in [0.5, 0.6) is 0 Å². The molecule has 0 bridgehead atoms. The molecule has 0 spiro atoms. The van der Waals surface area contributed by atoms with E-state index in [4.69, 9.17) is 14.2 Å². The molecule has 6 nitrogen and oxygen atoms in total. The zero-order valence-electron chi connectivity index (χ0n) is 15.2. The maximum Gasteiger partial charge on any atom is 0.340 e. The van der Waals surface area contributed by atoms with E-state index in [9.17, 15) is 14.7 Å². The van der Waals surface area contributed by atoms with E-state index in [0.717, 1.165) is 0 Å². The van der Waals surface area contributed by atoms with Crippen LogP contribution in [0.4, 0.5) is 0 Å². The molecule has 1 fully saturated rings. The zero-order chi connectivity index (χ0) is 19.4. The number of ether oxygens (including phenoxy) is 3. The minimum Gasteiger partial charge on any atom is -0.453 e. The largest absolute Gasteiger partial charge is 0.453 e. The molecule has 27 heavy (non-hydrogen) atoms. The number of hydrogen-bond acceptors (Lipinski definition) is 6. The van der Waals surface area contributed by atoms with Crippen molar-refractivity contribution in [3.8, 4) is 0 Å². The van der Waals surface area contributed by atoms with Crippen LogP contribution in [0.15, 0.2) is 60.7 Å². The van der Waals surface area contributed by atoms with Crippen molar-refractivity contribution in [3.63, 3.8) is 0 Å². The van der Waals surface area contributed by atoms with Gasteiger partial charge in [0.1, 0.15) is 6.10 Å². The van der Waals surface area contributed by atoms with Crippen LogP contribution in [0.1, 0.15) is 41.0 Å². The Kier molecular flexibility index (Phi) is 5.58. The molecule has 6 heteroatoms. The van der Waals surface area contributed by atoms with Crippen molar-refractivity contribution in [2.45, 2.75) is 44.4 Å². The van der Waals surface area contributed by atoms with Crippen LogP contribution in [0.3, 0.4) is 0 Å². The molecule has 0 unspecified atom stereocenters. The van der Waals surface area contributed by atoms with Gasteiger partial charge in [0.25, 0.3) is 0 Å². The van der Waals surface area contributed by atoms with Gasteiger partial charge in [-0.05, 0) is 37.6 Å². The number of carbonyl (C=O) groups excluding carboxylic acids is 2. The van der Waals surface area contributed by atoms with Crippen LogP contribution in [0.2, 0.25) is 0 Å². The Morgan fingerprint density at radius 3 is 1.93 bits per heavy atom. The van der Waals surface area contributed by atoms with E-state index in [2.05, 4.69) is 0 Å².